The van der Waals surface area contributed by atoms with E-state index < -0.39 is 0 Å². The number of hydrogen-bond acceptors (Lipinski definition) is 7. The Morgan fingerprint density at radius 1 is 1.13 bits per heavy atom. The number of fused-ring (bicyclic) bond motifs is 2. The van der Waals surface area contributed by atoms with Gasteiger partial charge in [0, 0.05) is 18.7 Å². The number of rotatable bonds is 3. The molecule has 0 saturated heterocycles. The third-order valence-electron chi connectivity index (χ3n) is 6.09. The molecule has 0 bridgehead atoms. The molecule has 30 heavy (non-hydrogen) atoms. The van der Waals surface area contributed by atoms with Crippen molar-refractivity contribution < 1.29 is 4.79 Å². The van der Waals surface area contributed by atoms with Crippen molar-refractivity contribution in [2.24, 2.45) is 7.05 Å². The van der Waals surface area contributed by atoms with Gasteiger partial charge in [-0.3, -0.25) is 9.78 Å². The fraction of sp³-hybridized carbons (Fsp3) is 0.524. The largest absolute Gasteiger partial charge is 0.333 e. The van der Waals surface area contributed by atoms with E-state index in [1.807, 2.05) is 6.08 Å². The fourth-order valence-electron chi connectivity index (χ4n) is 4.52. The summed E-state index contributed by atoms with van der Waals surface area (Å²) < 4.78 is 0. The molecule has 9 heteroatoms. The van der Waals surface area contributed by atoms with E-state index in [1.54, 1.807) is 13.2 Å². The summed E-state index contributed by atoms with van der Waals surface area (Å²) in [5.41, 5.74) is 5.45. The summed E-state index contributed by atoms with van der Waals surface area (Å²) >= 11 is 0. The molecule has 1 amide bonds. The molecular formula is C21H26N8O. The molecule has 9 nitrogen and oxygen atoms in total. The average molecular weight is 406 g/mol. The van der Waals surface area contributed by atoms with Gasteiger partial charge in [0.1, 0.15) is 0 Å². The Morgan fingerprint density at radius 2 is 2.07 bits per heavy atom. The van der Waals surface area contributed by atoms with Gasteiger partial charge in [-0.15, -0.1) is 5.10 Å². The second-order valence-electron chi connectivity index (χ2n) is 8.17. The predicted molar refractivity (Wildman–Crippen MR) is 113 cm³/mol. The quantitative estimate of drug-likeness (QED) is 0.835. The molecule has 5 rings (SSSR count). The van der Waals surface area contributed by atoms with Gasteiger partial charge in [-0.05, 0) is 62.2 Å². The molecule has 0 saturated carbocycles. The van der Waals surface area contributed by atoms with Crippen LogP contribution in [0, 0.1) is 0 Å². The van der Waals surface area contributed by atoms with Gasteiger partial charge in [0.05, 0.1) is 24.6 Å². The van der Waals surface area contributed by atoms with Crippen molar-refractivity contribution >= 4 is 23.2 Å². The van der Waals surface area contributed by atoms with E-state index in [9.17, 15) is 4.79 Å². The molecule has 0 unspecified atom stereocenters. The minimum Gasteiger partial charge on any atom is -0.333 e. The first-order valence-electron chi connectivity index (χ1n) is 10.7. The van der Waals surface area contributed by atoms with Crippen LogP contribution in [-0.4, -0.2) is 49.2 Å². The molecule has 0 spiro atoms. The number of aryl methyl sites for hydroxylation is 2. The molecule has 0 aromatic carbocycles. The Kier molecular flexibility index (Phi) is 5.02. The first-order valence-corrected chi connectivity index (χ1v) is 10.7. The Hall–Kier alpha value is -3.10. The monoisotopic (exact) mass is 406 g/mol. The molecule has 3 heterocycles. The first kappa shape index (κ1) is 18.9. The SMILES string of the molecule is Cn1nnc(N2CCC3=C(C2)c2ncc(NC(=O)C4=CCCCC4)nc2CCC3)n1. The van der Waals surface area contributed by atoms with Gasteiger partial charge < -0.3 is 10.2 Å². The highest BCUT2D eigenvalue weighted by molar-refractivity contribution is 6.03. The number of hydrogen-bond donors (Lipinski definition) is 1. The van der Waals surface area contributed by atoms with E-state index in [2.05, 4.69) is 25.6 Å². The number of nitrogens with one attached hydrogen (secondary N) is 1. The second kappa shape index (κ2) is 7.97. The topological polar surface area (TPSA) is 102 Å². The van der Waals surface area contributed by atoms with Crippen molar-refractivity contribution in [1.29, 1.82) is 0 Å². The van der Waals surface area contributed by atoms with E-state index >= 15 is 0 Å². The van der Waals surface area contributed by atoms with Crippen molar-refractivity contribution in [3.63, 3.8) is 0 Å². The Bertz CT molecular complexity index is 1040. The lowest BCUT2D eigenvalue weighted by Crippen LogP contribution is -2.32. The van der Waals surface area contributed by atoms with Gasteiger partial charge in [-0.1, -0.05) is 16.7 Å². The third kappa shape index (κ3) is 3.71. The molecule has 156 valence electrons. The van der Waals surface area contributed by atoms with Gasteiger partial charge >= 0.3 is 0 Å². The summed E-state index contributed by atoms with van der Waals surface area (Å²) in [4.78, 5) is 25.7. The maximum Gasteiger partial charge on any atom is 0.266 e. The van der Waals surface area contributed by atoms with Gasteiger partial charge in [0.15, 0.2) is 5.82 Å². The van der Waals surface area contributed by atoms with E-state index in [-0.39, 0.29) is 5.91 Å². The van der Waals surface area contributed by atoms with Crippen molar-refractivity contribution in [2.45, 2.75) is 51.4 Å². The lowest BCUT2D eigenvalue weighted by molar-refractivity contribution is -0.113. The van der Waals surface area contributed by atoms with Crippen LogP contribution in [0.25, 0.3) is 5.57 Å². The molecule has 0 radical (unpaired) electrons. The third-order valence-corrected chi connectivity index (χ3v) is 6.09. The highest BCUT2D eigenvalue weighted by Crippen LogP contribution is 2.34. The molecular weight excluding hydrogens is 380 g/mol. The molecule has 2 aliphatic carbocycles. The van der Waals surface area contributed by atoms with Crippen molar-refractivity contribution in [3.8, 4) is 0 Å². The molecule has 1 N–H and O–H groups in total. The zero-order valence-electron chi connectivity index (χ0n) is 17.3. The van der Waals surface area contributed by atoms with Crippen LogP contribution < -0.4 is 10.2 Å². The number of tetrazole rings is 1. The Balaban J connectivity index is 1.39. The zero-order valence-corrected chi connectivity index (χ0v) is 17.3. The van der Waals surface area contributed by atoms with Gasteiger partial charge in [0.2, 0.25) is 0 Å². The minimum absolute atomic E-state index is 0.0463. The first-order chi connectivity index (χ1) is 14.7. The molecule has 1 aliphatic heterocycles. The van der Waals surface area contributed by atoms with Crippen LogP contribution >= 0.6 is 0 Å². The molecule has 2 aromatic rings. The minimum atomic E-state index is -0.0463. The normalized spacial score (nSPS) is 19.0. The summed E-state index contributed by atoms with van der Waals surface area (Å²) in [7, 11) is 1.77. The van der Waals surface area contributed by atoms with Crippen LogP contribution in [0.2, 0.25) is 0 Å². The number of anilines is 2. The van der Waals surface area contributed by atoms with E-state index in [1.165, 1.54) is 15.9 Å². The summed E-state index contributed by atoms with van der Waals surface area (Å²) in [6, 6.07) is 0. The molecule has 0 fully saturated rings. The summed E-state index contributed by atoms with van der Waals surface area (Å²) in [5, 5.41) is 15.4. The molecule has 0 atom stereocenters. The van der Waals surface area contributed by atoms with Gasteiger partial charge in [-0.25, -0.2) is 4.98 Å². The Morgan fingerprint density at radius 3 is 2.87 bits per heavy atom. The lowest BCUT2D eigenvalue weighted by Gasteiger charge is -2.29. The van der Waals surface area contributed by atoms with Crippen LogP contribution in [-0.2, 0) is 18.3 Å². The van der Waals surface area contributed by atoms with Crippen LogP contribution in [0.5, 0.6) is 0 Å². The average Bonchev–Trinajstić information content (AvgIpc) is 3.12. The lowest BCUT2D eigenvalue weighted by atomic mass is 9.96. The maximum absolute atomic E-state index is 12.5. The van der Waals surface area contributed by atoms with Crippen LogP contribution in [0.1, 0.15) is 56.3 Å². The van der Waals surface area contributed by atoms with Gasteiger partial charge in [-0.2, -0.15) is 4.80 Å². The van der Waals surface area contributed by atoms with E-state index in [0.29, 0.717) is 18.3 Å². The summed E-state index contributed by atoms with van der Waals surface area (Å²) in [5.74, 6) is 1.14. The zero-order chi connectivity index (χ0) is 20.5. The molecule has 3 aliphatic rings. The summed E-state index contributed by atoms with van der Waals surface area (Å²) in [6.07, 6.45) is 11.7. The number of aromatic nitrogens is 6. The Labute approximate surface area is 175 Å². The van der Waals surface area contributed by atoms with Crippen molar-refractivity contribution in [3.05, 3.63) is 34.8 Å². The molecule has 2 aromatic heterocycles. The van der Waals surface area contributed by atoms with Crippen molar-refractivity contribution in [1.82, 2.24) is 30.2 Å². The van der Waals surface area contributed by atoms with Crippen LogP contribution in [0.15, 0.2) is 23.4 Å². The van der Waals surface area contributed by atoms with Crippen molar-refractivity contribution in [2.75, 3.05) is 23.3 Å². The van der Waals surface area contributed by atoms with E-state index in [0.717, 1.165) is 74.9 Å². The summed E-state index contributed by atoms with van der Waals surface area (Å²) in [6.45, 7) is 1.60. The van der Waals surface area contributed by atoms with Crippen LogP contribution in [0.4, 0.5) is 11.8 Å². The number of amides is 1. The predicted octanol–water partition coefficient (Wildman–Crippen LogP) is 2.44. The van der Waals surface area contributed by atoms with Crippen LogP contribution in [0.3, 0.4) is 0 Å². The van der Waals surface area contributed by atoms with E-state index in [4.69, 9.17) is 9.97 Å². The number of nitrogens with zero attached hydrogens (tertiary/aromatic N) is 7. The number of allylic oxidation sites excluding steroid dienone is 1. The maximum atomic E-state index is 12.5. The number of carbonyl (C=O) groups is 1. The smallest absolute Gasteiger partial charge is 0.266 e. The highest BCUT2D eigenvalue weighted by atomic mass is 16.1. The second-order valence-corrected chi connectivity index (χ2v) is 8.17. The standard InChI is InChI=1S/C21H26N8O/c1-28-26-21(25-27-28)29-11-10-14-8-5-9-17-19(16(14)13-29)22-12-18(23-17)24-20(30)15-6-3-2-4-7-15/h6,12H,2-5,7-11,13H2,1H3,(H,23,24,30). The highest BCUT2D eigenvalue weighted by Gasteiger charge is 2.27. The fourth-order valence-corrected chi connectivity index (χ4v) is 4.52. The number of carbonyl (C=O) groups excluding carboxylic acids is 1. The van der Waals surface area contributed by atoms with Gasteiger partial charge in [0.25, 0.3) is 11.9 Å².